The molecule has 1 amide bonds. The van der Waals surface area contributed by atoms with Gasteiger partial charge in [-0.1, -0.05) is 42.8 Å². The maximum Gasteiger partial charge on any atom is 0.246 e. The lowest BCUT2D eigenvalue weighted by atomic mass is 10.2. The third kappa shape index (κ3) is 6.78. The van der Waals surface area contributed by atoms with Gasteiger partial charge in [0, 0.05) is 37.2 Å². The molecule has 7 heteroatoms. The van der Waals surface area contributed by atoms with Crippen molar-refractivity contribution in [2.24, 2.45) is 0 Å². The smallest absolute Gasteiger partial charge is 0.246 e. The van der Waals surface area contributed by atoms with Crippen LogP contribution in [0, 0.1) is 0 Å². The highest BCUT2D eigenvalue weighted by Crippen LogP contribution is 2.23. The van der Waals surface area contributed by atoms with E-state index in [-0.39, 0.29) is 17.7 Å². The third-order valence-corrected chi connectivity index (χ3v) is 6.05. The van der Waals surface area contributed by atoms with E-state index in [2.05, 4.69) is 30.7 Å². The number of ketones is 1. The molecule has 1 unspecified atom stereocenters. The summed E-state index contributed by atoms with van der Waals surface area (Å²) in [5.41, 5.74) is 1.84. The van der Waals surface area contributed by atoms with Crippen LogP contribution in [-0.2, 0) is 17.8 Å². The molecule has 0 aliphatic carbocycles. The van der Waals surface area contributed by atoms with Gasteiger partial charge in [-0.2, -0.15) is 0 Å². The maximum atomic E-state index is 12.4. The van der Waals surface area contributed by atoms with Crippen molar-refractivity contribution >= 4 is 23.3 Å². The summed E-state index contributed by atoms with van der Waals surface area (Å²) in [6.07, 6.45) is 6.15. The number of fused-ring (bicyclic) bond motifs is 1. The molecular formula is C25H35ClN4O2. The highest BCUT2D eigenvalue weighted by Gasteiger charge is 2.28. The van der Waals surface area contributed by atoms with Crippen LogP contribution in [0.4, 0.5) is 0 Å². The summed E-state index contributed by atoms with van der Waals surface area (Å²) in [6, 6.07) is 8.41. The maximum absolute atomic E-state index is 12.4. The van der Waals surface area contributed by atoms with Gasteiger partial charge in [0.05, 0.1) is 18.8 Å². The van der Waals surface area contributed by atoms with Gasteiger partial charge >= 0.3 is 0 Å². The minimum atomic E-state index is -0.00682. The van der Waals surface area contributed by atoms with Crippen LogP contribution in [0.1, 0.15) is 62.5 Å². The Morgan fingerprint density at radius 3 is 2.56 bits per heavy atom. The number of carbonyl (C=O) groups excluding carboxylic acids is 2. The summed E-state index contributed by atoms with van der Waals surface area (Å²) in [7, 11) is 2.03. The number of likely N-dealkylation sites (N-methyl/N-ethyl adjacent to an activating group) is 1. The number of hydrogen-bond donors (Lipinski definition) is 0. The zero-order chi connectivity index (χ0) is 23.8. The number of nitrogens with zero attached hydrogens (tertiary/aromatic N) is 4. The number of hydrogen-bond acceptors (Lipinski definition) is 4. The fraction of sp³-hybridized carbons (Fsp3) is 0.480. The van der Waals surface area contributed by atoms with Crippen molar-refractivity contribution < 1.29 is 9.59 Å². The topological polar surface area (TPSA) is 58.4 Å². The van der Waals surface area contributed by atoms with E-state index in [1.165, 1.54) is 5.56 Å². The number of Topliss-reactive ketones (excluding diaryl/α,β-unsaturated/α-hetero) is 1. The van der Waals surface area contributed by atoms with E-state index in [4.69, 9.17) is 11.6 Å². The third-order valence-electron chi connectivity index (χ3n) is 5.68. The molecular weight excluding hydrogens is 424 g/mol. The largest absolute Gasteiger partial charge is 0.330 e. The lowest BCUT2D eigenvalue weighted by molar-refractivity contribution is -0.128. The summed E-state index contributed by atoms with van der Waals surface area (Å²) in [6.45, 7) is 11.7. The van der Waals surface area contributed by atoms with E-state index >= 15 is 0 Å². The van der Waals surface area contributed by atoms with Crippen molar-refractivity contribution in [3.63, 3.8) is 0 Å². The predicted molar refractivity (Wildman–Crippen MR) is 130 cm³/mol. The highest BCUT2D eigenvalue weighted by molar-refractivity contribution is 6.31. The monoisotopic (exact) mass is 458 g/mol. The van der Waals surface area contributed by atoms with Crippen molar-refractivity contribution in [3.05, 3.63) is 64.7 Å². The van der Waals surface area contributed by atoms with E-state index < -0.39 is 0 Å². The van der Waals surface area contributed by atoms with Crippen LogP contribution in [0.5, 0.6) is 0 Å². The van der Waals surface area contributed by atoms with E-state index in [9.17, 15) is 9.59 Å². The molecule has 0 saturated carbocycles. The summed E-state index contributed by atoms with van der Waals surface area (Å²) in [4.78, 5) is 32.3. The van der Waals surface area contributed by atoms with Crippen molar-refractivity contribution in [2.75, 3.05) is 20.1 Å². The highest BCUT2D eigenvalue weighted by atomic mass is 35.5. The summed E-state index contributed by atoms with van der Waals surface area (Å²) >= 11 is 5.82. The molecule has 0 bridgehead atoms. The Bertz CT molecular complexity index is 951. The molecule has 1 aromatic heterocycles. The molecule has 2 heterocycles. The SMILES string of the molecule is CC(=O)c1cnc2n1C(C)CN(C(=O)/C=C/CN(C)C(C)C)C2.CCc1ccccc1Cl. The van der Waals surface area contributed by atoms with Gasteiger partial charge in [-0.05, 0) is 45.9 Å². The average molecular weight is 459 g/mol. The van der Waals surface area contributed by atoms with Gasteiger partial charge in [0.25, 0.3) is 0 Å². The van der Waals surface area contributed by atoms with Crippen molar-refractivity contribution in [2.45, 2.75) is 59.7 Å². The van der Waals surface area contributed by atoms with Crippen molar-refractivity contribution in [1.82, 2.24) is 19.4 Å². The molecule has 0 spiro atoms. The Balaban J connectivity index is 0.000000336. The first kappa shape index (κ1) is 25.8. The minimum Gasteiger partial charge on any atom is -0.330 e. The second-order valence-electron chi connectivity index (χ2n) is 8.43. The van der Waals surface area contributed by atoms with E-state index in [0.29, 0.717) is 24.8 Å². The van der Waals surface area contributed by atoms with E-state index in [1.807, 2.05) is 48.9 Å². The minimum absolute atomic E-state index is 0.00648. The summed E-state index contributed by atoms with van der Waals surface area (Å²) in [5.74, 6) is 0.773. The van der Waals surface area contributed by atoms with Crippen LogP contribution >= 0.6 is 11.6 Å². The van der Waals surface area contributed by atoms with Crippen molar-refractivity contribution in [1.29, 1.82) is 0 Å². The molecule has 1 aliphatic heterocycles. The molecule has 2 aromatic rings. The lowest BCUT2D eigenvalue weighted by Gasteiger charge is -2.32. The van der Waals surface area contributed by atoms with Gasteiger partial charge in [-0.3, -0.25) is 9.59 Å². The molecule has 0 saturated heterocycles. The van der Waals surface area contributed by atoms with Gasteiger partial charge in [0.1, 0.15) is 11.5 Å². The molecule has 6 nitrogen and oxygen atoms in total. The summed E-state index contributed by atoms with van der Waals surface area (Å²) < 4.78 is 1.95. The number of benzene rings is 1. The average Bonchev–Trinajstić information content (AvgIpc) is 3.19. The Kier molecular flexibility index (Phi) is 9.66. The molecule has 1 atom stereocenters. The normalized spacial score (nSPS) is 15.7. The second-order valence-corrected chi connectivity index (χ2v) is 8.84. The van der Waals surface area contributed by atoms with E-state index in [0.717, 1.165) is 23.8 Å². The van der Waals surface area contributed by atoms with Crippen LogP contribution in [0.2, 0.25) is 5.02 Å². The molecule has 3 rings (SSSR count). The Hall–Kier alpha value is -2.44. The first-order valence-electron chi connectivity index (χ1n) is 11.1. The number of carbonyl (C=O) groups is 2. The quantitative estimate of drug-likeness (QED) is 0.461. The van der Waals surface area contributed by atoms with Crippen LogP contribution in [0.25, 0.3) is 0 Å². The second kappa shape index (κ2) is 12.0. The molecule has 174 valence electrons. The number of imidazole rings is 1. The molecule has 0 N–H and O–H groups in total. The zero-order valence-corrected chi connectivity index (χ0v) is 20.8. The van der Waals surface area contributed by atoms with Crippen LogP contribution in [0.15, 0.2) is 42.6 Å². The molecule has 32 heavy (non-hydrogen) atoms. The molecule has 0 radical (unpaired) electrons. The fourth-order valence-electron chi connectivity index (χ4n) is 3.49. The molecule has 1 aromatic carbocycles. The molecule has 0 fully saturated rings. The number of aromatic nitrogens is 2. The van der Waals surface area contributed by atoms with Crippen LogP contribution < -0.4 is 0 Å². The zero-order valence-electron chi connectivity index (χ0n) is 20.0. The molecule has 1 aliphatic rings. The summed E-state index contributed by atoms with van der Waals surface area (Å²) in [5, 5.41) is 0.875. The standard InChI is InChI=1S/C17H26N4O2.C8H9Cl/c1-12(2)19(5)8-6-7-17(23)20-10-13(3)21-15(14(4)22)9-18-16(21)11-20;1-2-7-5-3-4-6-8(7)9/h6-7,9,12-13H,8,10-11H2,1-5H3;3-6H,2H2,1H3/b7-6+;. The van der Waals surface area contributed by atoms with Gasteiger partial charge in [0.15, 0.2) is 5.78 Å². The van der Waals surface area contributed by atoms with Gasteiger partial charge in [0.2, 0.25) is 5.91 Å². The number of aryl methyl sites for hydroxylation is 1. The van der Waals surface area contributed by atoms with Crippen LogP contribution in [-0.4, -0.2) is 57.2 Å². The Morgan fingerprint density at radius 2 is 2.00 bits per heavy atom. The van der Waals surface area contributed by atoms with Crippen molar-refractivity contribution in [3.8, 4) is 0 Å². The fourth-order valence-corrected chi connectivity index (χ4v) is 3.76. The van der Waals surface area contributed by atoms with Gasteiger partial charge in [-0.25, -0.2) is 4.98 Å². The Morgan fingerprint density at radius 1 is 1.31 bits per heavy atom. The van der Waals surface area contributed by atoms with Gasteiger partial charge < -0.3 is 14.4 Å². The van der Waals surface area contributed by atoms with Crippen LogP contribution in [0.3, 0.4) is 0 Å². The lowest BCUT2D eigenvalue weighted by Crippen LogP contribution is -2.40. The predicted octanol–water partition coefficient (Wildman–Crippen LogP) is 4.79. The Labute approximate surface area is 196 Å². The number of rotatable bonds is 6. The number of amides is 1. The first-order valence-corrected chi connectivity index (χ1v) is 11.5. The van der Waals surface area contributed by atoms with Gasteiger partial charge in [-0.15, -0.1) is 0 Å². The number of halogens is 1. The first-order chi connectivity index (χ1) is 15.1. The van der Waals surface area contributed by atoms with E-state index in [1.54, 1.807) is 24.1 Å².